The molecule has 28 heavy (non-hydrogen) atoms. The van der Waals surface area contributed by atoms with E-state index in [1.54, 1.807) is 18.2 Å². The Bertz CT molecular complexity index is 1170. The van der Waals surface area contributed by atoms with Crippen molar-refractivity contribution >= 4 is 39.4 Å². The van der Waals surface area contributed by atoms with Gasteiger partial charge in [0.1, 0.15) is 0 Å². The molecule has 0 fully saturated rings. The lowest BCUT2D eigenvalue weighted by atomic mass is 10.2. The number of aromatic nitrogens is 2. The molecule has 1 aliphatic rings. The minimum Gasteiger partial charge on any atom is -0.333 e. The third kappa shape index (κ3) is 3.10. The Morgan fingerprint density at radius 3 is 2.61 bits per heavy atom. The normalized spacial score (nSPS) is 17.6. The van der Waals surface area contributed by atoms with Gasteiger partial charge in [-0.1, -0.05) is 18.2 Å². The van der Waals surface area contributed by atoms with Gasteiger partial charge in [0.15, 0.2) is 5.16 Å². The lowest BCUT2D eigenvalue weighted by Crippen LogP contribution is -2.40. The van der Waals surface area contributed by atoms with E-state index in [1.165, 1.54) is 0 Å². The quantitative estimate of drug-likeness (QED) is 0.571. The van der Waals surface area contributed by atoms with Gasteiger partial charge in [-0.25, -0.2) is 13.4 Å². The maximum absolute atomic E-state index is 13.0. The number of para-hydroxylation sites is 1. The van der Waals surface area contributed by atoms with Gasteiger partial charge in [-0.05, 0) is 44.2 Å². The molecule has 2 heterocycles. The molecule has 4 rings (SSSR count). The number of nitrogens with one attached hydrogen (secondary N) is 2. The van der Waals surface area contributed by atoms with Gasteiger partial charge in [-0.2, -0.15) is 0 Å². The second-order valence-corrected chi connectivity index (χ2v) is 8.83. The number of aromatic amines is 1. The van der Waals surface area contributed by atoms with Crippen LogP contribution in [0.4, 0.5) is 5.69 Å². The van der Waals surface area contributed by atoms with Crippen molar-refractivity contribution in [2.45, 2.75) is 29.9 Å². The van der Waals surface area contributed by atoms with Crippen molar-refractivity contribution in [2.24, 2.45) is 0 Å². The molecule has 3 aromatic rings. The van der Waals surface area contributed by atoms with Crippen LogP contribution < -0.4 is 9.73 Å². The van der Waals surface area contributed by atoms with Crippen LogP contribution in [0.25, 0.3) is 11.0 Å². The standard InChI is InChI=1S/C19H21N5O2S2/c1-12-18(13(2)24(23(12)3)14-7-5-4-6-8-14)22-28(25,26)15-9-10-16-17(11-15)21-19(27)20-16/h4-11,13,22H,1-3H3,(H2,20,21,27). The fraction of sp³-hybridized carbons (Fsp3) is 0.211. The zero-order valence-electron chi connectivity index (χ0n) is 15.7. The molecule has 146 valence electrons. The number of hydrogen-bond donors (Lipinski definition) is 3. The van der Waals surface area contributed by atoms with Crippen LogP contribution >= 0.6 is 12.6 Å². The Kier molecular flexibility index (Phi) is 4.51. The molecule has 7 nitrogen and oxygen atoms in total. The monoisotopic (exact) mass is 415 g/mol. The van der Waals surface area contributed by atoms with Crippen LogP contribution in [0.1, 0.15) is 13.8 Å². The lowest BCUT2D eigenvalue weighted by molar-refractivity contribution is 0.397. The van der Waals surface area contributed by atoms with Crippen molar-refractivity contribution in [3.63, 3.8) is 0 Å². The maximum Gasteiger partial charge on any atom is 0.261 e. The fourth-order valence-corrected chi connectivity index (χ4v) is 4.98. The second kappa shape index (κ2) is 6.75. The van der Waals surface area contributed by atoms with Crippen LogP contribution in [0, 0.1) is 0 Å². The third-order valence-corrected chi connectivity index (χ3v) is 6.57. The molecule has 9 heteroatoms. The van der Waals surface area contributed by atoms with E-state index in [0.717, 1.165) is 11.4 Å². The highest BCUT2D eigenvalue weighted by atomic mass is 32.2. The molecular weight excluding hydrogens is 394 g/mol. The van der Waals surface area contributed by atoms with Crippen molar-refractivity contribution in [3.05, 3.63) is 59.9 Å². The molecule has 1 aliphatic heterocycles. The number of hydrazine groups is 1. The smallest absolute Gasteiger partial charge is 0.261 e. The Labute approximate surface area is 169 Å². The summed E-state index contributed by atoms with van der Waals surface area (Å²) in [6, 6.07) is 14.5. The van der Waals surface area contributed by atoms with Crippen LogP contribution in [0.15, 0.2) is 70.0 Å². The summed E-state index contributed by atoms with van der Waals surface area (Å²) in [7, 11) is -1.83. The van der Waals surface area contributed by atoms with E-state index in [9.17, 15) is 8.42 Å². The van der Waals surface area contributed by atoms with Gasteiger partial charge in [0.2, 0.25) is 0 Å². The zero-order chi connectivity index (χ0) is 20.1. The first-order chi connectivity index (χ1) is 13.3. The second-order valence-electron chi connectivity index (χ2n) is 6.72. The number of thiol groups is 1. The Morgan fingerprint density at radius 1 is 1.18 bits per heavy atom. The lowest BCUT2D eigenvalue weighted by Gasteiger charge is -2.33. The minimum absolute atomic E-state index is 0.165. The van der Waals surface area contributed by atoms with Gasteiger partial charge in [0, 0.05) is 7.05 Å². The first kappa shape index (κ1) is 18.7. The number of sulfonamides is 1. The summed E-state index contributed by atoms with van der Waals surface area (Å²) in [6.45, 7) is 3.88. The number of nitrogens with zero attached hydrogens (tertiary/aromatic N) is 3. The van der Waals surface area contributed by atoms with Gasteiger partial charge in [-0.3, -0.25) is 14.7 Å². The van der Waals surface area contributed by atoms with Crippen LogP contribution in [0.5, 0.6) is 0 Å². The van der Waals surface area contributed by atoms with Gasteiger partial charge < -0.3 is 4.98 Å². The Balaban J connectivity index is 1.66. The maximum atomic E-state index is 13.0. The molecule has 0 spiro atoms. The third-order valence-electron chi connectivity index (χ3n) is 5.00. The summed E-state index contributed by atoms with van der Waals surface area (Å²) >= 11 is 4.17. The van der Waals surface area contributed by atoms with E-state index >= 15 is 0 Å². The number of imidazole rings is 1. The van der Waals surface area contributed by atoms with Crippen molar-refractivity contribution in [3.8, 4) is 0 Å². The average molecular weight is 416 g/mol. The number of fused-ring (bicyclic) bond motifs is 1. The highest BCUT2D eigenvalue weighted by Gasteiger charge is 2.34. The highest BCUT2D eigenvalue weighted by molar-refractivity contribution is 7.89. The summed E-state index contributed by atoms with van der Waals surface area (Å²) in [6.07, 6.45) is 0. The molecule has 0 aliphatic carbocycles. The van der Waals surface area contributed by atoms with E-state index in [0.29, 0.717) is 21.9 Å². The van der Waals surface area contributed by atoms with E-state index in [1.807, 2.05) is 56.2 Å². The number of hydrogen-bond acceptors (Lipinski definition) is 6. The number of anilines is 1. The van der Waals surface area contributed by atoms with Gasteiger partial charge >= 0.3 is 0 Å². The van der Waals surface area contributed by atoms with Gasteiger partial charge in [0.25, 0.3) is 10.0 Å². The number of rotatable bonds is 4. The molecular formula is C19H21N5O2S2. The van der Waals surface area contributed by atoms with Crippen LogP contribution in [0.3, 0.4) is 0 Å². The molecule has 0 amide bonds. The van der Waals surface area contributed by atoms with Crippen molar-refractivity contribution in [2.75, 3.05) is 12.1 Å². The van der Waals surface area contributed by atoms with E-state index in [2.05, 4.69) is 32.3 Å². The molecule has 1 aromatic heterocycles. The molecule has 2 aromatic carbocycles. The van der Waals surface area contributed by atoms with Crippen LogP contribution in [-0.4, -0.2) is 36.5 Å². The fourth-order valence-electron chi connectivity index (χ4n) is 3.50. The Hall–Kier alpha value is -2.65. The van der Waals surface area contributed by atoms with E-state index in [-0.39, 0.29) is 10.9 Å². The predicted octanol–water partition coefficient (Wildman–Crippen LogP) is 3.12. The zero-order valence-corrected chi connectivity index (χ0v) is 17.4. The van der Waals surface area contributed by atoms with Crippen molar-refractivity contribution in [1.82, 2.24) is 19.7 Å². The van der Waals surface area contributed by atoms with E-state index in [4.69, 9.17) is 0 Å². The minimum atomic E-state index is -3.75. The molecule has 0 bridgehead atoms. The highest BCUT2D eigenvalue weighted by Crippen LogP contribution is 2.32. The summed E-state index contributed by atoms with van der Waals surface area (Å²) in [4.78, 5) is 7.31. The van der Waals surface area contributed by atoms with E-state index < -0.39 is 10.0 Å². The summed E-state index contributed by atoms with van der Waals surface area (Å²) < 4.78 is 28.9. The predicted molar refractivity (Wildman–Crippen MR) is 113 cm³/mol. The average Bonchev–Trinajstić information content (AvgIpc) is 3.13. The number of benzene rings is 2. The van der Waals surface area contributed by atoms with Crippen LogP contribution in [-0.2, 0) is 10.0 Å². The summed E-state index contributed by atoms with van der Waals surface area (Å²) in [5, 5.41) is 4.46. The molecule has 2 N–H and O–H groups in total. The number of allylic oxidation sites excluding steroid dienone is 1. The Morgan fingerprint density at radius 2 is 1.89 bits per heavy atom. The van der Waals surface area contributed by atoms with Gasteiger partial charge in [-0.15, -0.1) is 12.6 Å². The van der Waals surface area contributed by atoms with Gasteiger partial charge in [0.05, 0.1) is 39.1 Å². The largest absolute Gasteiger partial charge is 0.333 e. The van der Waals surface area contributed by atoms with Crippen molar-refractivity contribution in [1.29, 1.82) is 0 Å². The molecule has 0 saturated carbocycles. The van der Waals surface area contributed by atoms with Crippen molar-refractivity contribution < 1.29 is 8.42 Å². The molecule has 1 unspecified atom stereocenters. The molecule has 1 atom stereocenters. The molecule has 0 saturated heterocycles. The first-order valence-corrected chi connectivity index (χ1v) is 10.7. The summed E-state index contributed by atoms with van der Waals surface area (Å²) in [5.41, 5.74) is 3.78. The topological polar surface area (TPSA) is 81.3 Å². The SMILES string of the molecule is CC1=C(NS(=O)(=O)c2ccc3nc(S)[nH]c3c2)C(C)N(c2ccccc2)N1C. The number of H-pyrrole nitrogens is 1. The van der Waals surface area contributed by atoms with Crippen LogP contribution in [0.2, 0.25) is 0 Å². The first-order valence-electron chi connectivity index (χ1n) is 8.78. The summed E-state index contributed by atoms with van der Waals surface area (Å²) in [5.74, 6) is 0. The molecule has 0 radical (unpaired) electrons.